The summed E-state index contributed by atoms with van der Waals surface area (Å²) in [5, 5.41) is 7.10. The van der Waals surface area contributed by atoms with Crippen molar-refractivity contribution in [3.05, 3.63) is 0 Å². The van der Waals surface area contributed by atoms with Crippen molar-refractivity contribution in [2.75, 3.05) is 57.9 Å². The fourth-order valence-corrected chi connectivity index (χ4v) is 4.90. The Hall–Kier alpha value is -0.460. The zero-order valence-electron chi connectivity index (χ0n) is 15.1. The summed E-state index contributed by atoms with van der Waals surface area (Å²) < 4.78 is 5.54. The largest absolute Gasteiger partial charge is 0.379 e. The van der Waals surface area contributed by atoms with Crippen LogP contribution in [0.1, 0.15) is 33.1 Å². The first-order valence-corrected chi connectivity index (χ1v) is 10.2. The molecule has 0 spiro atoms. The molecule has 5 nitrogen and oxygen atoms in total. The molecule has 2 saturated heterocycles. The monoisotopic (exact) mass is 342 g/mol. The van der Waals surface area contributed by atoms with Gasteiger partial charge in [0.05, 0.1) is 13.2 Å². The third-order valence-corrected chi connectivity index (χ3v) is 6.52. The number of ether oxygens (including phenoxy) is 1. The van der Waals surface area contributed by atoms with E-state index in [0.717, 1.165) is 51.3 Å². The van der Waals surface area contributed by atoms with E-state index in [0.29, 0.717) is 0 Å². The van der Waals surface area contributed by atoms with Crippen LogP contribution in [0, 0.1) is 5.92 Å². The first-order valence-electron chi connectivity index (χ1n) is 9.09. The number of nitrogens with one attached hydrogen (secondary N) is 2. The molecule has 0 aromatic heterocycles. The Morgan fingerprint density at radius 2 is 2.00 bits per heavy atom. The van der Waals surface area contributed by atoms with Crippen LogP contribution in [0.2, 0.25) is 0 Å². The molecule has 2 rings (SSSR count). The summed E-state index contributed by atoms with van der Waals surface area (Å²) in [6.45, 7) is 10.4. The smallest absolute Gasteiger partial charge is 0.191 e. The van der Waals surface area contributed by atoms with Gasteiger partial charge in [-0.3, -0.25) is 9.89 Å². The van der Waals surface area contributed by atoms with Gasteiger partial charge in [-0.1, -0.05) is 26.7 Å². The Morgan fingerprint density at radius 1 is 1.26 bits per heavy atom. The number of aliphatic imine (C=N–C) groups is 1. The Bertz CT molecular complexity index is 362. The van der Waals surface area contributed by atoms with E-state index in [1.165, 1.54) is 30.8 Å². The van der Waals surface area contributed by atoms with Gasteiger partial charge in [-0.15, -0.1) is 0 Å². The summed E-state index contributed by atoms with van der Waals surface area (Å²) in [4.78, 5) is 7.05. The van der Waals surface area contributed by atoms with Gasteiger partial charge >= 0.3 is 0 Å². The fraction of sp³-hybridized carbons (Fsp3) is 0.941. The quantitative estimate of drug-likeness (QED) is 0.546. The third kappa shape index (κ3) is 5.26. The molecule has 0 bridgehead atoms. The Morgan fingerprint density at radius 3 is 2.57 bits per heavy atom. The summed E-state index contributed by atoms with van der Waals surface area (Å²) in [7, 11) is 1.87. The van der Waals surface area contributed by atoms with Crippen molar-refractivity contribution >= 4 is 17.7 Å². The Kier molecular flexibility index (Phi) is 7.99. The zero-order valence-corrected chi connectivity index (χ0v) is 15.9. The van der Waals surface area contributed by atoms with E-state index < -0.39 is 0 Å². The Labute approximate surface area is 146 Å². The number of guanidine groups is 1. The number of thioether (sulfide) groups is 1. The highest BCUT2D eigenvalue weighted by molar-refractivity contribution is 7.99. The van der Waals surface area contributed by atoms with Gasteiger partial charge in [0.1, 0.15) is 0 Å². The van der Waals surface area contributed by atoms with Crippen LogP contribution in [0.25, 0.3) is 0 Å². The summed E-state index contributed by atoms with van der Waals surface area (Å²) in [5.41, 5.74) is 0.265. The molecule has 0 saturated carbocycles. The zero-order chi connectivity index (χ0) is 16.5. The molecule has 6 heteroatoms. The molecule has 0 amide bonds. The standard InChI is InChI=1S/C17H34N4OS/c1-4-15(5-2)12-19-16(18-3)20-13-17(6-11-23-14-17)21-7-9-22-10-8-21/h15H,4-14H2,1-3H3,(H2,18,19,20). The lowest BCUT2D eigenvalue weighted by Gasteiger charge is -2.43. The van der Waals surface area contributed by atoms with Crippen molar-refractivity contribution in [1.29, 1.82) is 0 Å². The minimum absolute atomic E-state index is 0.265. The van der Waals surface area contributed by atoms with Crippen LogP contribution < -0.4 is 10.6 Å². The summed E-state index contributed by atoms with van der Waals surface area (Å²) in [5.74, 6) is 4.15. The summed E-state index contributed by atoms with van der Waals surface area (Å²) in [6, 6.07) is 0. The van der Waals surface area contributed by atoms with Gasteiger partial charge in [-0.25, -0.2) is 0 Å². The topological polar surface area (TPSA) is 48.9 Å². The fourth-order valence-electron chi connectivity index (χ4n) is 3.42. The van der Waals surface area contributed by atoms with E-state index in [1.807, 2.05) is 7.05 Å². The molecule has 2 N–H and O–H groups in total. The van der Waals surface area contributed by atoms with Gasteiger partial charge in [0.15, 0.2) is 5.96 Å². The lowest BCUT2D eigenvalue weighted by Crippen LogP contribution is -2.60. The summed E-state index contributed by atoms with van der Waals surface area (Å²) in [6.07, 6.45) is 3.69. The second-order valence-corrected chi connectivity index (χ2v) is 7.72. The molecule has 134 valence electrons. The second-order valence-electron chi connectivity index (χ2n) is 6.62. The molecule has 2 fully saturated rings. The van der Waals surface area contributed by atoms with E-state index in [2.05, 4.69) is 46.1 Å². The molecule has 1 atom stereocenters. The van der Waals surface area contributed by atoms with Crippen LogP contribution in [0.4, 0.5) is 0 Å². The second kappa shape index (κ2) is 9.74. The minimum Gasteiger partial charge on any atom is -0.379 e. The van der Waals surface area contributed by atoms with Crippen LogP contribution in [-0.2, 0) is 4.74 Å². The molecule has 0 aromatic rings. The predicted octanol–water partition coefficient (Wildman–Crippen LogP) is 1.80. The highest BCUT2D eigenvalue weighted by Crippen LogP contribution is 2.33. The number of hydrogen-bond acceptors (Lipinski definition) is 4. The summed E-state index contributed by atoms with van der Waals surface area (Å²) >= 11 is 2.08. The molecule has 2 heterocycles. The molecular weight excluding hydrogens is 308 g/mol. The number of hydrogen-bond donors (Lipinski definition) is 2. The highest BCUT2D eigenvalue weighted by atomic mass is 32.2. The molecule has 1 unspecified atom stereocenters. The van der Waals surface area contributed by atoms with Gasteiger partial charge < -0.3 is 15.4 Å². The van der Waals surface area contributed by atoms with Gasteiger partial charge in [0.25, 0.3) is 0 Å². The van der Waals surface area contributed by atoms with Crippen molar-refractivity contribution in [2.24, 2.45) is 10.9 Å². The van der Waals surface area contributed by atoms with Crippen molar-refractivity contribution in [3.63, 3.8) is 0 Å². The molecule has 0 radical (unpaired) electrons. The van der Waals surface area contributed by atoms with Crippen molar-refractivity contribution in [2.45, 2.75) is 38.6 Å². The molecule has 2 aliphatic heterocycles. The molecule has 0 aromatic carbocycles. The van der Waals surface area contributed by atoms with Crippen LogP contribution in [0.5, 0.6) is 0 Å². The molecule has 23 heavy (non-hydrogen) atoms. The van der Waals surface area contributed by atoms with E-state index in [-0.39, 0.29) is 5.54 Å². The first kappa shape index (κ1) is 18.9. The van der Waals surface area contributed by atoms with Gasteiger partial charge in [-0.05, 0) is 18.1 Å². The molecule has 0 aliphatic carbocycles. The normalized spacial score (nSPS) is 26.7. The molecular formula is C17H34N4OS. The van der Waals surface area contributed by atoms with Crippen molar-refractivity contribution in [3.8, 4) is 0 Å². The average Bonchev–Trinajstić information content (AvgIpc) is 3.09. The van der Waals surface area contributed by atoms with Crippen LogP contribution >= 0.6 is 11.8 Å². The highest BCUT2D eigenvalue weighted by Gasteiger charge is 2.40. The third-order valence-electron chi connectivity index (χ3n) is 5.29. The SMILES string of the molecule is CCC(CC)CNC(=NC)NCC1(N2CCOCC2)CCSC1. The average molecular weight is 343 g/mol. The lowest BCUT2D eigenvalue weighted by atomic mass is 9.95. The Balaban J connectivity index is 1.87. The van der Waals surface area contributed by atoms with Crippen molar-refractivity contribution < 1.29 is 4.74 Å². The van der Waals surface area contributed by atoms with Crippen LogP contribution in [0.15, 0.2) is 4.99 Å². The van der Waals surface area contributed by atoms with Gasteiger partial charge in [-0.2, -0.15) is 11.8 Å². The first-order chi connectivity index (χ1) is 11.2. The predicted molar refractivity (Wildman–Crippen MR) is 101 cm³/mol. The van der Waals surface area contributed by atoms with E-state index in [9.17, 15) is 0 Å². The van der Waals surface area contributed by atoms with Gasteiger partial charge in [0, 0.05) is 44.5 Å². The van der Waals surface area contributed by atoms with Gasteiger partial charge in [0.2, 0.25) is 0 Å². The minimum atomic E-state index is 0.265. The number of morpholine rings is 1. The van der Waals surface area contributed by atoms with Crippen LogP contribution in [0.3, 0.4) is 0 Å². The maximum absolute atomic E-state index is 5.54. The maximum Gasteiger partial charge on any atom is 0.191 e. The van der Waals surface area contributed by atoms with E-state index >= 15 is 0 Å². The van der Waals surface area contributed by atoms with E-state index in [4.69, 9.17) is 4.74 Å². The van der Waals surface area contributed by atoms with E-state index in [1.54, 1.807) is 0 Å². The number of nitrogens with zero attached hydrogens (tertiary/aromatic N) is 2. The number of rotatable bonds is 7. The maximum atomic E-state index is 5.54. The molecule has 2 aliphatic rings. The lowest BCUT2D eigenvalue weighted by molar-refractivity contribution is -0.0120. The van der Waals surface area contributed by atoms with Crippen molar-refractivity contribution in [1.82, 2.24) is 15.5 Å². The van der Waals surface area contributed by atoms with Crippen LogP contribution in [-0.4, -0.2) is 74.3 Å².